The molecule has 0 aliphatic rings. The Bertz CT molecular complexity index is 864. The summed E-state index contributed by atoms with van der Waals surface area (Å²) in [6.07, 6.45) is 2.73. The molecule has 0 spiro atoms. The zero-order chi connectivity index (χ0) is 17.5. The van der Waals surface area contributed by atoms with Crippen molar-refractivity contribution in [1.29, 1.82) is 0 Å². The Labute approximate surface area is 175 Å². The van der Waals surface area contributed by atoms with Crippen LogP contribution in [0.3, 0.4) is 0 Å². The zero-order valence-electron chi connectivity index (χ0n) is 14.5. The van der Waals surface area contributed by atoms with Crippen molar-refractivity contribution in [1.82, 2.24) is 25.2 Å². The van der Waals surface area contributed by atoms with Crippen molar-refractivity contribution in [3.05, 3.63) is 65.1 Å². The Hall–Kier alpha value is -1.87. The fourth-order valence-electron chi connectivity index (χ4n) is 2.49. The first-order valence-electron chi connectivity index (χ1n) is 8.32. The van der Waals surface area contributed by atoms with Crippen LogP contribution in [0.5, 0.6) is 0 Å². The third kappa shape index (κ3) is 5.31. The minimum atomic E-state index is 0. The maximum Gasteiger partial charge on any atom is 0.191 e. The van der Waals surface area contributed by atoms with Gasteiger partial charge in [0.05, 0.1) is 6.54 Å². The first kappa shape index (κ1) is 20.4. The number of halogens is 2. The van der Waals surface area contributed by atoms with Gasteiger partial charge in [-0.3, -0.25) is 4.40 Å². The number of pyridine rings is 1. The molecule has 2 heterocycles. The lowest BCUT2D eigenvalue weighted by Gasteiger charge is -2.11. The first-order chi connectivity index (χ1) is 12.3. The lowest BCUT2D eigenvalue weighted by molar-refractivity contribution is 0.763. The summed E-state index contributed by atoms with van der Waals surface area (Å²) in [5, 5.41) is 15.7. The van der Waals surface area contributed by atoms with E-state index in [1.165, 1.54) is 0 Å². The van der Waals surface area contributed by atoms with E-state index in [9.17, 15) is 0 Å². The van der Waals surface area contributed by atoms with Crippen LogP contribution in [0.1, 0.15) is 18.3 Å². The number of hydrogen-bond acceptors (Lipinski definition) is 3. The molecule has 0 bridgehead atoms. The van der Waals surface area contributed by atoms with Gasteiger partial charge in [0.2, 0.25) is 0 Å². The molecule has 0 aliphatic heterocycles. The molecule has 0 unspecified atom stereocenters. The molecule has 0 atom stereocenters. The van der Waals surface area contributed by atoms with Crippen molar-refractivity contribution in [2.24, 2.45) is 4.99 Å². The highest BCUT2D eigenvalue weighted by atomic mass is 127. The van der Waals surface area contributed by atoms with Gasteiger partial charge in [-0.1, -0.05) is 35.9 Å². The minimum absolute atomic E-state index is 0. The number of aliphatic imine (C=N–C) groups is 1. The summed E-state index contributed by atoms with van der Waals surface area (Å²) in [7, 11) is 0. The Kier molecular flexibility index (Phi) is 8.11. The van der Waals surface area contributed by atoms with E-state index in [0.29, 0.717) is 13.1 Å². The normalized spacial score (nSPS) is 11.2. The second-order valence-electron chi connectivity index (χ2n) is 5.51. The third-order valence-corrected chi connectivity index (χ3v) is 4.10. The van der Waals surface area contributed by atoms with E-state index in [4.69, 9.17) is 11.6 Å². The highest BCUT2D eigenvalue weighted by molar-refractivity contribution is 14.0. The summed E-state index contributed by atoms with van der Waals surface area (Å²) in [6.45, 7) is 4.08. The molecule has 138 valence electrons. The second kappa shape index (κ2) is 10.3. The van der Waals surface area contributed by atoms with Crippen LogP contribution in [-0.2, 0) is 13.0 Å². The van der Waals surface area contributed by atoms with Crippen molar-refractivity contribution in [3.8, 4) is 0 Å². The van der Waals surface area contributed by atoms with Crippen LogP contribution in [0.2, 0.25) is 5.02 Å². The number of nitrogens with one attached hydrogen (secondary N) is 2. The predicted molar refractivity (Wildman–Crippen MR) is 116 cm³/mol. The average Bonchev–Trinajstić information content (AvgIpc) is 3.04. The number of benzene rings is 1. The van der Waals surface area contributed by atoms with Crippen molar-refractivity contribution < 1.29 is 0 Å². The summed E-state index contributed by atoms with van der Waals surface area (Å²) in [5.41, 5.74) is 1.86. The van der Waals surface area contributed by atoms with Crippen LogP contribution in [0.15, 0.2) is 53.7 Å². The predicted octanol–water partition coefficient (Wildman–Crippen LogP) is 3.30. The highest BCUT2D eigenvalue weighted by Crippen LogP contribution is 2.15. The van der Waals surface area contributed by atoms with Gasteiger partial charge < -0.3 is 10.6 Å². The lowest BCUT2D eigenvalue weighted by Crippen LogP contribution is -2.38. The molecule has 0 aliphatic carbocycles. The van der Waals surface area contributed by atoms with Crippen molar-refractivity contribution in [3.63, 3.8) is 0 Å². The lowest BCUT2D eigenvalue weighted by atomic mass is 10.2. The molecular formula is C18H22ClIN6. The van der Waals surface area contributed by atoms with E-state index < -0.39 is 0 Å². The molecule has 3 rings (SSSR count). The Morgan fingerprint density at radius 2 is 1.92 bits per heavy atom. The van der Waals surface area contributed by atoms with Crippen LogP contribution in [0.4, 0.5) is 0 Å². The van der Waals surface area contributed by atoms with Crippen LogP contribution in [0.25, 0.3) is 5.65 Å². The van der Waals surface area contributed by atoms with Gasteiger partial charge in [0.25, 0.3) is 0 Å². The molecule has 3 aromatic rings. The van der Waals surface area contributed by atoms with Crippen LogP contribution in [-0.4, -0.2) is 33.6 Å². The number of fused-ring (bicyclic) bond motifs is 1. The number of guanidine groups is 1. The quantitative estimate of drug-likeness (QED) is 0.320. The summed E-state index contributed by atoms with van der Waals surface area (Å²) in [6, 6.07) is 13.6. The zero-order valence-corrected chi connectivity index (χ0v) is 17.6. The molecular weight excluding hydrogens is 463 g/mol. The Morgan fingerprint density at radius 1 is 1.12 bits per heavy atom. The van der Waals surface area contributed by atoms with Gasteiger partial charge >= 0.3 is 0 Å². The number of nitrogens with zero attached hydrogens (tertiary/aromatic N) is 4. The van der Waals surface area contributed by atoms with Crippen LogP contribution >= 0.6 is 35.6 Å². The molecule has 2 aromatic heterocycles. The second-order valence-corrected chi connectivity index (χ2v) is 5.92. The molecule has 6 nitrogen and oxygen atoms in total. The van der Waals surface area contributed by atoms with Gasteiger partial charge in [-0.15, -0.1) is 34.2 Å². The van der Waals surface area contributed by atoms with Crippen molar-refractivity contribution in [2.45, 2.75) is 19.9 Å². The van der Waals surface area contributed by atoms with E-state index in [1.54, 1.807) is 0 Å². The van der Waals surface area contributed by atoms with E-state index >= 15 is 0 Å². The molecule has 0 radical (unpaired) electrons. The van der Waals surface area contributed by atoms with E-state index in [0.717, 1.165) is 41.0 Å². The third-order valence-electron chi connectivity index (χ3n) is 3.73. The Morgan fingerprint density at radius 3 is 2.73 bits per heavy atom. The van der Waals surface area contributed by atoms with Gasteiger partial charge in [-0.25, -0.2) is 4.99 Å². The molecule has 0 saturated heterocycles. The summed E-state index contributed by atoms with van der Waals surface area (Å²) in [5.74, 6) is 1.68. The largest absolute Gasteiger partial charge is 0.357 e. The molecule has 0 saturated carbocycles. The van der Waals surface area contributed by atoms with Crippen molar-refractivity contribution in [2.75, 3.05) is 13.1 Å². The van der Waals surface area contributed by atoms with E-state index in [1.807, 2.05) is 60.0 Å². The standard InChI is InChI=1S/C18H21ClN6.HI/c1-2-20-18(22-13-14-7-3-4-8-15(14)19)21-11-10-17-24-23-16-9-5-6-12-25(16)17;/h3-9,12H,2,10-11,13H2,1H3,(H2,20,21,22);1H. The van der Waals surface area contributed by atoms with Crippen LogP contribution < -0.4 is 10.6 Å². The van der Waals surface area contributed by atoms with Crippen LogP contribution in [0, 0.1) is 0 Å². The fourth-order valence-corrected chi connectivity index (χ4v) is 2.68. The van der Waals surface area contributed by atoms with Gasteiger partial charge in [0.15, 0.2) is 11.6 Å². The van der Waals surface area contributed by atoms with E-state index in [-0.39, 0.29) is 24.0 Å². The molecule has 26 heavy (non-hydrogen) atoms. The van der Waals surface area contributed by atoms with Gasteiger partial charge in [-0.2, -0.15) is 0 Å². The summed E-state index contributed by atoms with van der Waals surface area (Å²) >= 11 is 6.18. The number of aromatic nitrogens is 3. The number of hydrogen-bond donors (Lipinski definition) is 2. The minimum Gasteiger partial charge on any atom is -0.357 e. The molecule has 0 amide bonds. The molecule has 1 aromatic carbocycles. The van der Waals surface area contributed by atoms with E-state index in [2.05, 4.69) is 25.8 Å². The van der Waals surface area contributed by atoms with Gasteiger partial charge in [0, 0.05) is 30.7 Å². The monoisotopic (exact) mass is 484 g/mol. The SMILES string of the molecule is CCNC(=NCc1ccccc1Cl)NCCc1nnc2ccccn12.I. The van der Waals surface area contributed by atoms with Gasteiger partial charge in [-0.05, 0) is 30.7 Å². The van der Waals surface area contributed by atoms with Crippen molar-refractivity contribution >= 4 is 47.2 Å². The molecule has 0 fully saturated rings. The maximum absolute atomic E-state index is 6.18. The first-order valence-corrected chi connectivity index (χ1v) is 8.70. The maximum atomic E-state index is 6.18. The topological polar surface area (TPSA) is 66.6 Å². The van der Waals surface area contributed by atoms with Gasteiger partial charge in [0.1, 0.15) is 5.82 Å². The smallest absolute Gasteiger partial charge is 0.191 e. The molecule has 8 heteroatoms. The molecule has 2 N–H and O–H groups in total. The Balaban J connectivity index is 0.00000243. The fraction of sp³-hybridized carbons (Fsp3) is 0.278. The highest BCUT2D eigenvalue weighted by Gasteiger charge is 2.05. The average molecular weight is 485 g/mol. The summed E-state index contributed by atoms with van der Waals surface area (Å²) < 4.78 is 2.00. The number of rotatable bonds is 6. The summed E-state index contributed by atoms with van der Waals surface area (Å²) in [4.78, 5) is 4.59.